The minimum atomic E-state index is -0.122. The second-order valence-electron chi connectivity index (χ2n) is 6.09. The Balaban J connectivity index is 4.20. The SMILES string of the molecule is CCCCC(CC)CC(=O)C(=O)CC(CC)CCCC. The standard InChI is InChI=1S/C18H34O2/c1-5-9-11-15(7-3)13-17(19)18(20)14-16(8-4)12-10-6-2/h15-16H,5-14H2,1-4H3. The molecular formula is C18H34O2. The highest BCUT2D eigenvalue weighted by molar-refractivity contribution is 6.37. The molecule has 0 spiro atoms. The number of Topliss-reactive ketones (excluding diaryl/α,β-unsaturated/α-hetero) is 2. The first-order valence-electron chi connectivity index (χ1n) is 8.64. The van der Waals surface area contributed by atoms with Crippen LogP contribution in [0.3, 0.4) is 0 Å². The maximum Gasteiger partial charge on any atom is 0.198 e. The van der Waals surface area contributed by atoms with Crippen molar-refractivity contribution < 1.29 is 9.59 Å². The van der Waals surface area contributed by atoms with Crippen molar-refractivity contribution in [2.24, 2.45) is 11.8 Å². The van der Waals surface area contributed by atoms with Crippen LogP contribution in [0.2, 0.25) is 0 Å². The average molecular weight is 282 g/mol. The molecule has 20 heavy (non-hydrogen) atoms. The molecular weight excluding hydrogens is 248 g/mol. The zero-order chi connectivity index (χ0) is 15.4. The highest BCUT2D eigenvalue weighted by Crippen LogP contribution is 2.20. The summed E-state index contributed by atoms with van der Waals surface area (Å²) in [5, 5.41) is 0. The fourth-order valence-corrected chi connectivity index (χ4v) is 2.64. The number of unbranched alkanes of at least 4 members (excludes halogenated alkanes) is 2. The predicted octanol–water partition coefficient (Wildman–Crippen LogP) is 5.34. The topological polar surface area (TPSA) is 34.1 Å². The van der Waals surface area contributed by atoms with Crippen molar-refractivity contribution in [3.05, 3.63) is 0 Å². The molecule has 0 amide bonds. The van der Waals surface area contributed by atoms with Crippen molar-refractivity contribution >= 4 is 11.6 Å². The molecule has 0 aromatic rings. The Kier molecular flexibility index (Phi) is 11.7. The van der Waals surface area contributed by atoms with E-state index in [9.17, 15) is 9.59 Å². The summed E-state index contributed by atoms with van der Waals surface area (Å²) in [6, 6.07) is 0. The van der Waals surface area contributed by atoms with Gasteiger partial charge in [0, 0.05) is 12.8 Å². The van der Waals surface area contributed by atoms with Gasteiger partial charge < -0.3 is 0 Å². The van der Waals surface area contributed by atoms with E-state index in [0.29, 0.717) is 24.7 Å². The van der Waals surface area contributed by atoms with Gasteiger partial charge in [-0.05, 0) is 11.8 Å². The third-order valence-corrected chi connectivity index (χ3v) is 4.35. The van der Waals surface area contributed by atoms with Crippen LogP contribution in [-0.4, -0.2) is 11.6 Å². The van der Waals surface area contributed by atoms with E-state index in [0.717, 1.165) is 51.4 Å². The van der Waals surface area contributed by atoms with Gasteiger partial charge in [-0.2, -0.15) is 0 Å². The van der Waals surface area contributed by atoms with Crippen molar-refractivity contribution in [1.29, 1.82) is 0 Å². The first kappa shape index (κ1) is 19.3. The normalized spacial score (nSPS) is 14.0. The molecule has 2 unspecified atom stereocenters. The largest absolute Gasteiger partial charge is 0.291 e. The molecule has 0 aliphatic heterocycles. The average Bonchev–Trinajstić information content (AvgIpc) is 2.47. The van der Waals surface area contributed by atoms with E-state index in [1.165, 1.54) is 0 Å². The Morgan fingerprint density at radius 3 is 1.30 bits per heavy atom. The number of ketones is 2. The fraction of sp³-hybridized carbons (Fsp3) is 0.889. The van der Waals surface area contributed by atoms with Gasteiger partial charge >= 0.3 is 0 Å². The van der Waals surface area contributed by atoms with Crippen LogP contribution < -0.4 is 0 Å². The Hall–Kier alpha value is -0.660. The van der Waals surface area contributed by atoms with Gasteiger partial charge in [0.15, 0.2) is 11.6 Å². The highest BCUT2D eigenvalue weighted by Gasteiger charge is 2.21. The summed E-state index contributed by atoms with van der Waals surface area (Å²) in [7, 11) is 0. The number of hydrogen-bond acceptors (Lipinski definition) is 2. The van der Waals surface area contributed by atoms with E-state index in [1.807, 2.05) is 0 Å². The van der Waals surface area contributed by atoms with Gasteiger partial charge in [0.05, 0.1) is 0 Å². The summed E-state index contributed by atoms with van der Waals surface area (Å²) in [4.78, 5) is 24.1. The summed E-state index contributed by atoms with van der Waals surface area (Å²) in [5.74, 6) is 0.565. The van der Waals surface area contributed by atoms with Gasteiger partial charge in [0.25, 0.3) is 0 Å². The first-order chi connectivity index (χ1) is 9.58. The Bertz CT molecular complexity index is 243. The quantitative estimate of drug-likeness (QED) is 0.427. The fourth-order valence-electron chi connectivity index (χ4n) is 2.64. The van der Waals surface area contributed by atoms with Crippen molar-refractivity contribution in [1.82, 2.24) is 0 Å². The molecule has 2 heteroatoms. The van der Waals surface area contributed by atoms with Gasteiger partial charge in [-0.1, -0.05) is 79.1 Å². The smallest absolute Gasteiger partial charge is 0.198 e. The van der Waals surface area contributed by atoms with Crippen LogP contribution in [0.15, 0.2) is 0 Å². The molecule has 0 N–H and O–H groups in total. The van der Waals surface area contributed by atoms with Crippen molar-refractivity contribution in [3.63, 3.8) is 0 Å². The molecule has 0 bridgehead atoms. The van der Waals surface area contributed by atoms with Crippen LogP contribution >= 0.6 is 0 Å². The minimum Gasteiger partial charge on any atom is -0.291 e. The third kappa shape index (κ3) is 8.50. The Morgan fingerprint density at radius 2 is 1.05 bits per heavy atom. The molecule has 0 radical (unpaired) electrons. The molecule has 0 rings (SSSR count). The van der Waals surface area contributed by atoms with Gasteiger partial charge in [0.2, 0.25) is 0 Å². The molecule has 2 atom stereocenters. The molecule has 0 saturated carbocycles. The van der Waals surface area contributed by atoms with Gasteiger partial charge in [-0.15, -0.1) is 0 Å². The number of hydrogen-bond donors (Lipinski definition) is 0. The first-order valence-corrected chi connectivity index (χ1v) is 8.64. The monoisotopic (exact) mass is 282 g/mol. The van der Waals surface area contributed by atoms with E-state index in [1.54, 1.807) is 0 Å². The molecule has 0 fully saturated rings. The number of carbonyl (C=O) groups is 2. The molecule has 0 heterocycles. The van der Waals surface area contributed by atoms with Crippen LogP contribution in [0.1, 0.15) is 91.9 Å². The zero-order valence-electron chi connectivity index (χ0n) is 14.0. The zero-order valence-corrected chi connectivity index (χ0v) is 14.0. The molecule has 0 aliphatic carbocycles. The lowest BCUT2D eigenvalue weighted by Gasteiger charge is -2.15. The van der Waals surface area contributed by atoms with Gasteiger partial charge in [-0.25, -0.2) is 0 Å². The van der Waals surface area contributed by atoms with Crippen molar-refractivity contribution in [3.8, 4) is 0 Å². The highest BCUT2D eigenvalue weighted by atomic mass is 16.2. The molecule has 2 nitrogen and oxygen atoms in total. The van der Waals surface area contributed by atoms with E-state index < -0.39 is 0 Å². The van der Waals surface area contributed by atoms with E-state index in [-0.39, 0.29) is 11.6 Å². The lowest BCUT2D eigenvalue weighted by molar-refractivity contribution is -0.137. The molecule has 0 aromatic heterocycles. The van der Waals surface area contributed by atoms with Crippen molar-refractivity contribution in [2.75, 3.05) is 0 Å². The number of carbonyl (C=O) groups excluding carboxylic acids is 2. The minimum absolute atomic E-state index is 0.122. The summed E-state index contributed by atoms with van der Waals surface area (Å²) in [6.07, 6.45) is 9.76. The van der Waals surface area contributed by atoms with Crippen LogP contribution in [0.4, 0.5) is 0 Å². The van der Waals surface area contributed by atoms with E-state index in [4.69, 9.17) is 0 Å². The summed E-state index contributed by atoms with van der Waals surface area (Å²) in [5.41, 5.74) is 0. The van der Waals surface area contributed by atoms with E-state index in [2.05, 4.69) is 27.7 Å². The Morgan fingerprint density at radius 1 is 0.700 bits per heavy atom. The summed E-state index contributed by atoms with van der Waals surface area (Å²) >= 11 is 0. The molecule has 0 saturated heterocycles. The van der Waals surface area contributed by atoms with Crippen LogP contribution in [0.5, 0.6) is 0 Å². The maximum absolute atomic E-state index is 12.1. The van der Waals surface area contributed by atoms with Crippen LogP contribution in [-0.2, 0) is 9.59 Å². The van der Waals surface area contributed by atoms with Crippen LogP contribution in [0, 0.1) is 11.8 Å². The number of rotatable bonds is 13. The van der Waals surface area contributed by atoms with Gasteiger partial charge in [-0.3, -0.25) is 9.59 Å². The second-order valence-corrected chi connectivity index (χ2v) is 6.09. The van der Waals surface area contributed by atoms with Crippen molar-refractivity contribution in [2.45, 2.75) is 91.9 Å². The lowest BCUT2D eigenvalue weighted by Crippen LogP contribution is -2.20. The summed E-state index contributed by atoms with van der Waals surface area (Å²) < 4.78 is 0. The molecule has 118 valence electrons. The maximum atomic E-state index is 12.1. The van der Waals surface area contributed by atoms with E-state index >= 15 is 0 Å². The molecule has 0 aromatic carbocycles. The predicted molar refractivity (Wildman–Crippen MR) is 85.9 cm³/mol. The lowest BCUT2D eigenvalue weighted by atomic mass is 9.88. The second kappa shape index (κ2) is 12.1. The van der Waals surface area contributed by atoms with Crippen LogP contribution in [0.25, 0.3) is 0 Å². The summed E-state index contributed by atoms with van der Waals surface area (Å²) in [6.45, 7) is 8.57. The third-order valence-electron chi connectivity index (χ3n) is 4.35. The molecule has 0 aliphatic rings. The Labute approximate surface area is 125 Å². The van der Waals surface area contributed by atoms with Gasteiger partial charge in [0.1, 0.15) is 0 Å².